The van der Waals surface area contributed by atoms with Crippen molar-refractivity contribution in [2.24, 2.45) is 5.92 Å². The molecule has 4 heteroatoms. The number of hydrogen-bond acceptors (Lipinski definition) is 3. The van der Waals surface area contributed by atoms with Gasteiger partial charge in [0.25, 0.3) is 5.91 Å². The minimum Gasteiger partial charge on any atom is -0.462 e. The Kier molecular flexibility index (Phi) is 5.83. The summed E-state index contributed by atoms with van der Waals surface area (Å²) < 4.78 is 5.51. The number of carbonyl (C=O) groups is 2. The van der Waals surface area contributed by atoms with Crippen molar-refractivity contribution in [2.45, 2.75) is 32.1 Å². The smallest absolute Gasteiger partial charge is 0.340 e. The lowest BCUT2D eigenvalue weighted by Gasteiger charge is -2.21. The van der Waals surface area contributed by atoms with E-state index in [1.165, 1.54) is 19.3 Å². The molecule has 3 rings (SSSR count). The van der Waals surface area contributed by atoms with E-state index in [-0.39, 0.29) is 11.9 Å². The van der Waals surface area contributed by atoms with Gasteiger partial charge < -0.3 is 10.1 Å². The van der Waals surface area contributed by atoms with Crippen LogP contribution >= 0.6 is 0 Å². The van der Waals surface area contributed by atoms with Gasteiger partial charge in [-0.25, -0.2) is 4.79 Å². The Morgan fingerprint density at radius 2 is 1.60 bits per heavy atom. The number of esters is 1. The molecule has 1 saturated carbocycles. The summed E-state index contributed by atoms with van der Waals surface area (Å²) in [6, 6.07) is 15.9. The zero-order valence-electron chi connectivity index (χ0n) is 14.2. The fourth-order valence-electron chi connectivity index (χ4n) is 3.18. The van der Waals surface area contributed by atoms with Crippen molar-refractivity contribution < 1.29 is 14.3 Å². The third-order valence-corrected chi connectivity index (χ3v) is 4.61. The number of anilines is 1. The van der Waals surface area contributed by atoms with Crippen molar-refractivity contribution in [3.63, 3.8) is 0 Å². The van der Waals surface area contributed by atoms with Crippen LogP contribution in [0.25, 0.3) is 0 Å². The molecule has 1 aliphatic rings. The van der Waals surface area contributed by atoms with Crippen molar-refractivity contribution in [3.8, 4) is 0 Å². The molecule has 1 aliphatic carbocycles. The Bertz CT molecular complexity index is 721. The van der Waals surface area contributed by atoms with Gasteiger partial charge in [-0.05, 0) is 43.0 Å². The van der Waals surface area contributed by atoms with Gasteiger partial charge in [0.05, 0.1) is 17.9 Å². The van der Waals surface area contributed by atoms with Gasteiger partial charge in [-0.2, -0.15) is 0 Å². The Hall–Kier alpha value is -2.62. The summed E-state index contributed by atoms with van der Waals surface area (Å²) in [7, 11) is 0. The highest BCUT2D eigenvalue weighted by Gasteiger charge is 2.19. The predicted molar refractivity (Wildman–Crippen MR) is 97.7 cm³/mol. The topological polar surface area (TPSA) is 55.4 Å². The second-order valence-electron chi connectivity index (χ2n) is 6.47. The standard InChI is InChI=1S/C21H23NO3/c23-20(17-11-5-2-6-12-17)22-19-14-8-7-13-18(19)21(24)25-15-16-9-3-1-4-10-16/h2,5-8,11-14,16H,1,3-4,9-10,15H2,(H,22,23). The lowest BCUT2D eigenvalue weighted by molar-refractivity contribution is 0.0411. The summed E-state index contributed by atoms with van der Waals surface area (Å²) in [5.74, 6) is -0.161. The van der Waals surface area contributed by atoms with Crippen LogP contribution in [0.2, 0.25) is 0 Å². The van der Waals surface area contributed by atoms with Gasteiger partial charge in [0, 0.05) is 5.56 Å². The van der Waals surface area contributed by atoms with Crippen molar-refractivity contribution in [1.29, 1.82) is 0 Å². The Morgan fingerprint density at radius 3 is 2.36 bits per heavy atom. The van der Waals surface area contributed by atoms with Crippen molar-refractivity contribution in [3.05, 3.63) is 65.7 Å². The third kappa shape index (κ3) is 4.69. The molecule has 2 aromatic rings. The molecule has 0 bridgehead atoms. The van der Waals surface area contributed by atoms with Gasteiger partial charge in [-0.3, -0.25) is 4.79 Å². The van der Waals surface area contributed by atoms with E-state index in [4.69, 9.17) is 4.74 Å². The number of carbonyl (C=O) groups excluding carboxylic acids is 2. The van der Waals surface area contributed by atoms with Crippen LogP contribution in [0.1, 0.15) is 52.8 Å². The summed E-state index contributed by atoms with van der Waals surface area (Å²) in [5, 5.41) is 2.81. The summed E-state index contributed by atoms with van der Waals surface area (Å²) in [5.41, 5.74) is 1.42. The Balaban J connectivity index is 1.65. The molecule has 4 nitrogen and oxygen atoms in total. The van der Waals surface area contributed by atoms with E-state index in [2.05, 4.69) is 5.32 Å². The zero-order chi connectivity index (χ0) is 17.5. The molecule has 0 unspecified atom stereocenters. The molecule has 0 saturated heterocycles. The number of rotatable bonds is 5. The van der Waals surface area contributed by atoms with Gasteiger partial charge in [-0.15, -0.1) is 0 Å². The highest BCUT2D eigenvalue weighted by atomic mass is 16.5. The van der Waals surface area contributed by atoms with Crippen LogP contribution < -0.4 is 5.32 Å². The fourth-order valence-corrected chi connectivity index (χ4v) is 3.18. The summed E-state index contributed by atoms with van der Waals surface area (Å²) in [6.07, 6.45) is 5.95. The van der Waals surface area contributed by atoms with Crippen LogP contribution in [-0.4, -0.2) is 18.5 Å². The van der Waals surface area contributed by atoms with Gasteiger partial charge in [0.15, 0.2) is 0 Å². The molecule has 130 valence electrons. The number of ether oxygens (including phenoxy) is 1. The Morgan fingerprint density at radius 1 is 0.920 bits per heavy atom. The maximum absolute atomic E-state index is 12.5. The van der Waals surface area contributed by atoms with E-state index in [1.807, 2.05) is 6.07 Å². The van der Waals surface area contributed by atoms with Gasteiger partial charge in [0.2, 0.25) is 0 Å². The number of nitrogens with one attached hydrogen (secondary N) is 1. The molecule has 0 aromatic heterocycles. The van der Waals surface area contributed by atoms with Crippen LogP contribution in [0.5, 0.6) is 0 Å². The van der Waals surface area contributed by atoms with E-state index < -0.39 is 0 Å². The second-order valence-corrected chi connectivity index (χ2v) is 6.47. The molecule has 0 atom stereocenters. The molecular weight excluding hydrogens is 314 g/mol. The first-order valence-electron chi connectivity index (χ1n) is 8.86. The van der Waals surface area contributed by atoms with E-state index in [0.29, 0.717) is 29.3 Å². The van der Waals surface area contributed by atoms with E-state index >= 15 is 0 Å². The Labute approximate surface area is 148 Å². The molecule has 0 heterocycles. The van der Waals surface area contributed by atoms with Crippen LogP contribution in [0.4, 0.5) is 5.69 Å². The average Bonchev–Trinajstić information content (AvgIpc) is 2.68. The largest absolute Gasteiger partial charge is 0.462 e. The number of hydrogen-bond donors (Lipinski definition) is 1. The zero-order valence-corrected chi connectivity index (χ0v) is 14.2. The minimum absolute atomic E-state index is 0.242. The molecule has 1 amide bonds. The number of amides is 1. The summed E-state index contributed by atoms with van der Waals surface area (Å²) in [4.78, 5) is 24.8. The third-order valence-electron chi connectivity index (χ3n) is 4.61. The molecule has 1 fully saturated rings. The van der Waals surface area contributed by atoms with E-state index in [9.17, 15) is 9.59 Å². The van der Waals surface area contributed by atoms with Crippen LogP contribution in [-0.2, 0) is 4.74 Å². The lowest BCUT2D eigenvalue weighted by Crippen LogP contribution is -2.19. The van der Waals surface area contributed by atoms with Crippen LogP contribution in [0, 0.1) is 5.92 Å². The van der Waals surface area contributed by atoms with Crippen LogP contribution in [0.15, 0.2) is 54.6 Å². The molecule has 2 aromatic carbocycles. The number of para-hydroxylation sites is 1. The lowest BCUT2D eigenvalue weighted by atomic mass is 9.90. The average molecular weight is 337 g/mol. The van der Waals surface area contributed by atoms with Crippen molar-refractivity contribution in [1.82, 2.24) is 0 Å². The second kappa shape index (κ2) is 8.47. The summed E-state index contributed by atoms with van der Waals surface area (Å²) in [6.45, 7) is 0.458. The van der Waals surface area contributed by atoms with E-state index in [0.717, 1.165) is 12.8 Å². The van der Waals surface area contributed by atoms with Crippen LogP contribution in [0.3, 0.4) is 0 Å². The molecule has 1 N–H and O–H groups in total. The van der Waals surface area contributed by atoms with Gasteiger partial charge >= 0.3 is 5.97 Å². The fraction of sp³-hybridized carbons (Fsp3) is 0.333. The maximum Gasteiger partial charge on any atom is 0.340 e. The van der Waals surface area contributed by atoms with Crippen molar-refractivity contribution in [2.75, 3.05) is 11.9 Å². The SMILES string of the molecule is O=C(Nc1ccccc1C(=O)OCC1CCCCC1)c1ccccc1. The maximum atomic E-state index is 12.5. The van der Waals surface area contributed by atoms with E-state index in [1.54, 1.807) is 48.5 Å². The first-order valence-corrected chi connectivity index (χ1v) is 8.86. The molecule has 0 aliphatic heterocycles. The summed E-state index contributed by atoms with van der Waals surface area (Å²) >= 11 is 0. The van der Waals surface area contributed by atoms with Crippen molar-refractivity contribution >= 4 is 17.6 Å². The molecular formula is C21H23NO3. The molecule has 0 radical (unpaired) electrons. The molecule has 0 spiro atoms. The highest BCUT2D eigenvalue weighted by Crippen LogP contribution is 2.24. The normalized spacial score (nSPS) is 14.7. The minimum atomic E-state index is -0.380. The van der Waals surface area contributed by atoms with Gasteiger partial charge in [0.1, 0.15) is 0 Å². The molecule has 25 heavy (non-hydrogen) atoms. The quantitative estimate of drug-likeness (QED) is 0.806. The first kappa shape index (κ1) is 17.2. The number of benzene rings is 2. The highest BCUT2D eigenvalue weighted by molar-refractivity contribution is 6.07. The van der Waals surface area contributed by atoms with Gasteiger partial charge in [-0.1, -0.05) is 49.6 Å². The predicted octanol–water partition coefficient (Wildman–Crippen LogP) is 4.68. The monoisotopic (exact) mass is 337 g/mol. The first-order chi connectivity index (χ1) is 12.2.